The van der Waals surface area contributed by atoms with Gasteiger partial charge in [0.15, 0.2) is 0 Å². The summed E-state index contributed by atoms with van der Waals surface area (Å²) in [5, 5.41) is 2.94. The molecule has 1 atom stereocenters. The van der Waals surface area contributed by atoms with E-state index in [1.165, 1.54) is 4.57 Å². The average molecular weight is 327 g/mol. The molecule has 2 heterocycles. The third kappa shape index (κ3) is 3.27. The van der Waals surface area contributed by atoms with Gasteiger partial charge in [0, 0.05) is 19.5 Å². The number of carbonyl (C=O) groups excluding carboxylic acids is 1. The summed E-state index contributed by atoms with van der Waals surface area (Å²) < 4.78 is 8.35. The molecule has 0 aliphatic rings. The van der Waals surface area contributed by atoms with Gasteiger partial charge in [-0.25, -0.2) is 4.79 Å². The van der Waals surface area contributed by atoms with Crippen molar-refractivity contribution in [3.05, 3.63) is 58.9 Å². The van der Waals surface area contributed by atoms with Crippen molar-refractivity contribution in [3.8, 4) is 0 Å². The summed E-state index contributed by atoms with van der Waals surface area (Å²) in [6.45, 7) is 1.97. The molecule has 0 aliphatic heterocycles. The highest BCUT2D eigenvalue weighted by Gasteiger charge is 2.14. The number of furan rings is 1. The van der Waals surface area contributed by atoms with Crippen molar-refractivity contribution < 1.29 is 9.21 Å². The minimum atomic E-state index is -0.186. The second-order valence-corrected chi connectivity index (χ2v) is 6.00. The number of benzene rings is 1. The molecule has 2 aromatic heterocycles. The number of aryl methyl sites for hydroxylation is 2. The minimum Gasteiger partial charge on any atom is -0.469 e. The summed E-state index contributed by atoms with van der Waals surface area (Å²) >= 11 is 0. The van der Waals surface area contributed by atoms with Crippen LogP contribution in [0, 0.1) is 0 Å². The molecule has 1 N–H and O–H groups in total. The molecule has 6 heteroatoms. The Hall–Kier alpha value is -2.76. The summed E-state index contributed by atoms with van der Waals surface area (Å²) in [5.74, 6) is 0.738. The molecular formula is C18H21N3O3. The van der Waals surface area contributed by atoms with Crippen molar-refractivity contribution in [2.45, 2.75) is 32.4 Å². The Kier molecular flexibility index (Phi) is 4.55. The van der Waals surface area contributed by atoms with Crippen molar-refractivity contribution >= 4 is 16.9 Å². The van der Waals surface area contributed by atoms with Gasteiger partial charge >= 0.3 is 5.69 Å². The summed E-state index contributed by atoms with van der Waals surface area (Å²) in [7, 11) is 1.71. The van der Waals surface area contributed by atoms with Crippen LogP contribution in [0.5, 0.6) is 0 Å². The highest BCUT2D eigenvalue weighted by Crippen LogP contribution is 2.11. The Morgan fingerprint density at radius 2 is 1.96 bits per heavy atom. The fourth-order valence-electron chi connectivity index (χ4n) is 2.87. The molecule has 0 bridgehead atoms. The van der Waals surface area contributed by atoms with Gasteiger partial charge in [0.05, 0.1) is 17.3 Å². The molecule has 3 aromatic rings. The molecule has 0 radical (unpaired) electrons. The van der Waals surface area contributed by atoms with Crippen molar-refractivity contribution in [2.24, 2.45) is 7.05 Å². The minimum absolute atomic E-state index is 0.00767. The second-order valence-electron chi connectivity index (χ2n) is 6.00. The van der Waals surface area contributed by atoms with Crippen LogP contribution >= 0.6 is 0 Å². The number of fused-ring (bicyclic) bond motifs is 1. The number of aromatic nitrogens is 2. The van der Waals surface area contributed by atoms with Gasteiger partial charge in [0.25, 0.3) is 0 Å². The number of hydrogen-bond acceptors (Lipinski definition) is 3. The largest absolute Gasteiger partial charge is 0.469 e. The fourth-order valence-corrected chi connectivity index (χ4v) is 2.87. The van der Waals surface area contributed by atoms with E-state index in [4.69, 9.17) is 4.42 Å². The predicted octanol–water partition coefficient (Wildman–Crippen LogP) is 2.07. The zero-order chi connectivity index (χ0) is 17.1. The average Bonchev–Trinajstić information content (AvgIpc) is 3.17. The second kappa shape index (κ2) is 6.78. The van der Waals surface area contributed by atoms with Gasteiger partial charge in [-0.1, -0.05) is 12.1 Å². The van der Waals surface area contributed by atoms with E-state index in [0.29, 0.717) is 0 Å². The number of nitrogens with one attached hydrogen (secondary N) is 1. The summed E-state index contributed by atoms with van der Waals surface area (Å²) in [6, 6.07) is 11.2. The Morgan fingerprint density at radius 3 is 2.67 bits per heavy atom. The highest BCUT2D eigenvalue weighted by molar-refractivity contribution is 5.81. The first-order chi connectivity index (χ1) is 11.6. The molecule has 0 aliphatic carbocycles. The fraction of sp³-hybridized carbons (Fsp3) is 0.333. The molecule has 24 heavy (non-hydrogen) atoms. The summed E-state index contributed by atoms with van der Waals surface area (Å²) in [4.78, 5) is 24.6. The van der Waals surface area contributed by atoms with Gasteiger partial charge < -0.3 is 9.73 Å². The van der Waals surface area contributed by atoms with Crippen LogP contribution in [0.15, 0.2) is 51.9 Å². The van der Waals surface area contributed by atoms with Gasteiger partial charge in [-0.2, -0.15) is 0 Å². The number of amides is 1. The van der Waals surface area contributed by atoms with E-state index in [-0.39, 0.29) is 24.2 Å². The van der Waals surface area contributed by atoms with Crippen LogP contribution in [0.3, 0.4) is 0 Å². The standard InChI is InChI=1S/C18H21N3O3/c1-13(9-10-14-6-5-11-24-14)19-17(22)12-21-16-8-4-3-7-15(16)20(2)18(21)23/h3-8,11,13H,9-10,12H2,1-2H3,(H,19,22)/t13-/m0/s1. The topological polar surface area (TPSA) is 69.2 Å². The van der Waals surface area contributed by atoms with Crippen LogP contribution in [0.4, 0.5) is 0 Å². The number of nitrogens with zero attached hydrogens (tertiary/aromatic N) is 2. The highest BCUT2D eigenvalue weighted by atomic mass is 16.3. The molecule has 3 rings (SSSR count). The lowest BCUT2D eigenvalue weighted by atomic mass is 10.1. The normalized spacial score (nSPS) is 12.4. The number of hydrogen-bond donors (Lipinski definition) is 1. The van der Waals surface area contributed by atoms with E-state index in [2.05, 4.69) is 5.32 Å². The van der Waals surface area contributed by atoms with Gasteiger partial charge in [-0.3, -0.25) is 13.9 Å². The Balaban J connectivity index is 1.65. The number of carbonyl (C=O) groups is 1. The maximum Gasteiger partial charge on any atom is 0.329 e. The molecule has 126 valence electrons. The lowest BCUT2D eigenvalue weighted by Crippen LogP contribution is -2.37. The maximum absolute atomic E-state index is 12.3. The molecule has 0 saturated heterocycles. The van der Waals surface area contributed by atoms with Crippen molar-refractivity contribution in [1.29, 1.82) is 0 Å². The molecule has 6 nitrogen and oxygen atoms in total. The van der Waals surface area contributed by atoms with Gasteiger partial charge in [0.2, 0.25) is 5.91 Å². The zero-order valence-electron chi connectivity index (χ0n) is 13.9. The van der Waals surface area contributed by atoms with E-state index in [0.717, 1.165) is 29.6 Å². The van der Waals surface area contributed by atoms with E-state index < -0.39 is 0 Å². The quantitative estimate of drug-likeness (QED) is 0.753. The van der Waals surface area contributed by atoms with Crippen molar-refractivity contribution in [3.63, 3.8) is 0 Å². The van der Waals surface area contributed by atoms with E-state index >= 15 is 0 Å². The van der Waals surface area contributed by atoms with Crippen LogP contribution in [0.2, 0.25) is 0 Å². The molecule has 0 spiro atoms. The first-order valence-electron chi connectivity index (χ1n) is 8.02. The van der Waals surface area contributed by atoms with Crippen LogP contribution < -0.4 is 11.0 Å². The predicted molar refractivity (Wildman–Crippen MR) is 91.8 cm³/mol. The SMILES string of the molecule is C[C@@H](CCc1ccco1)NC(=O)Cn1c(=O)n(C)c2ccccc21. The zero-order valence-corrected chi connectivity index (χ0v) is 13.9. The molecule has 0 unspecified atom stereocenters. The van der Waals surface area contributed by atoms with Crippen LogP contribution in [0.1, 0.15) is 19.1 Å². The first-order valence-corrected chi connectivity index (χ1v) is 8.02. The lowest BCUT2D eigenvalue weighted by molar-refractivity contribution is -0.122. The molecule has 0 saturated carbocycles. The van der Waals surface area contributed by atoms with Crippen molar-refractivity contribution in [2.75, 3.05) is 0 Å². The first kappa shape index (κ1) is 16.1. The summed E-state index contributed by atoms with van der Waals surface area (Å²) in [5.41, 5.74) is 1.40. The number of imidazole rings is 1. The van der Waals surface area contributed by atoms with Crippen molar-refractivity contribution in [1.82, 2.24) is 14.5 Å². The third-order valence-corrected chi connectivity index (χ3v) is 4.16. The van der Waals surface area contributed by atoms with Gasteiger partial charge in [-0.05, 0) is 37.6 Å². The lowest BCUT2D eigenvalue weighted by Gasteiger charge is -2.13. The Labute approximate surface area is 139 Å². The maximum atomic E-state index is 12.3. The molecule has 1 aromatic carbocycles. The Bertz CT molecular complexity index is 890. The number of para-hydroxylation sites is 2. The van der Waals surface area contributed by atoms with Crippen LogP contribution in [-0.2, 0) is 24.8 Å². The summed E-state index contributed by atoms with van der Waals surface area (Å²) in [6.07, 6.45) is 3.19. The van der Waals surface area contributed by atoms with E-state index in [1.54, 1.807) is 17.9 Å². The van der Waals surface area contributed by atoms with Crippen LogP contribution in [-0.4, -0.2) is 21.1 Å². The van der Waals surface area contributed by atoms with Crippen LogP contribution in [0.25, 0.3) is 11.0 Å². The molecule has 1 amide bonds. The van der Waals surface area contributed by atoms with Gasteiger partial charge in [0.1, 0.15) is 12.3 Å². The third-order valence-electron chi connectivity index (χ3n) is 4.16. The number of rotatable bonds is 6. The van der Waals surface area contributed by atoms with E-state index in [9.17, 15) is 9.59 Å². The molecular weight excluding hydrogens is 306 g/mol. The smallest absolute Gasteiger partial charge is 0.329 e. The molecule has 0 fully saturated rings. The monoisotopic (exact) mass is 327 g/mol. The van der Waals surface area contributed by atoms with E-state index in [1.807, 2.05) is 43.3 Å². The van der Waals surface area contributed by atoms with Gasteiger partial charge in [-0.15, -0.1) is 0 Å². The Morgan fingerprint density at radius 1 is 1.21 bits per heavy atom.